The van der Waals surface area contributed by atoms with E-state index in [1.165, 1.54) is 6.07 Å². The molecule has 94 valence electrons. The second kappa shape index (κ2) is 5.42. The third kappa shape index (κ3) is 3.94. The smallest absolute Gasteiger partial charge is 0.287 e. The number of nitrogens with two attached hydrogens (primary N) is 1. The minimum atomic E-state index is -3.33. The first-order valence-corrected chi connectivity index (χ1v) is 5.47. The molecule has 0 unspecified atom stereocenters. The van der Waals surface area contributed by atoms with Crippen LogP contribution in [0.3, 0.4) is 0 Å². The van der Waals surface area contributed by atoms with Crippen LogP contribution in [0.2, 0.25) is 0 Å². The summed E-state index contributed by atoms with van der Waals surface area (Å²) in [6, 6.07) is 4.49. The highest BCUT2D eigenvalue weighted by molar-refractivity contribution is 9.10. The van der Waals surface area contributed by atoms with E-state index in [4.69, 9.17) is 10.8 Å². The van der Waals surface area contributed by atoms with Gasteiger partial charge in [-0.2, -0.15) is 0 Å². The zero-order valence-electron chi connectivity index (χ0n) is 8.71. The van der Waals surface area contributed by atoms with Crippen molar-refractivity contribution in [3.63, 3.8) is 0 Å². The maximum Gasteiger partial charge on any atom is 0.287 e. The molecular weight excluding hydrogens is 298 g/mol. The summed E-state index contributed by atoms with van der Waals surface area (Å²) in [5.41, 5.74) is 6.00. The summed E-state index contributed by atoms with van der Waals surface area (Å²) in [6.07, 6.45) is 0. The number of carbonyl (C=O) groups excluding carboxylic acids is 1. The van der Waals surface area contributed by atoms with Gasteiger partial charge in [-0.3, -0.25) is 4.79 Å². The summed E-state index contributed by atoms with van der Waals surface area (Å²) in [7, 11) is 0. The van der Waals surface area contributed by atoms with Gasteiger partial charge in [-0.1, -0.05) is 0 Å². The summed E-state index contributed by atoms with van der Waals surface area (Å²) in [5.74, 6) is -4.01. The van der Waals surface area contributed by atoms with Gasteiger partial charge in [0.2, 0.25) is 0 Å². The molecule has 7 heteroatoms. The van der Waals surface area contributed by atoms with Crippen molar-refractivity contribution in [1.82, 2.24) is 5.32 Å². The Morgan fingerprint density at radius 1 is 1.53 bits per heavy atom. The quantitative estimate of drug-likeness (QED) is 0.736. The van der Waals surface area contributed by atoms with Gasteiger partial charge in [0.25, 0.3) is 11.8 Å². The van der Waals surface area contributed by atoms with Crippen molar-refractivity contribution in [1.29, 1.82) is 0 Å². The molecule has 1 amide bonds. The van der Waals surface area contributed by atoms with E-state index in [2.05, 4.69) is 15.9 Å². The maximum absolute atomic E-state index is 12.7. The molecule has 0 aromatic heterocycles. The summed E-state index contributed by atoms with van der Waals surface area (Å²) < 4.78 is 25.9. The molecule has 0 aliphatic heterocycles. The zero-order valence-corrected chi connectivity index (χ0v) is 10.3. The van der Waals surface area contributed by atoms with Gasteiger partial charge in [0, 0.05) is 10.2 Å². The fourth-order valence-corrected chi connectivity index (χ4v) is 1.50. The van der Waals surface area contributed by atoms with Gasteiger partial charge in [-0.05, 0) is 34.1 Å². The Labute approximate surface area is 105 Å². The van der Waals surface area contributed by atoms with E-state index in [9.17, 15) is 13.6 Å². The van der Waals surface area contributed by atoms with Gasteiger partial charge < -0.3 is 16.2 Å². The standard InChI is InChI=1S/C10H11BrF2N2O2/c11-8-2-1-6(14)3-7(8)9(17)15-4-10(12,13)5-16/h1-3,16H,4-5,14H2,(H,15,17). The molecule has 1 aromatic carbocycles. The van der Waals surface area contributed by atoms with Crippen molar-refractivity contribution in [2.45, 2.75) is 5.92 Å². The summed E-state index contributed by atoms with van der Waals surface area (Å²) in [4.78, 5) is 11.6. The maximum atomic E-state index is 12.7. The number of nitrogens with one attached hydrogen (secondary N) is 1. The van der Waals surface area contributed by atoms with Crippen LogP contribution in [0.5, 0.6) is 0 Å². The van der Waals surface area contributed by atoms with Crippen LogP contribution in [0.25, 0.3) is 0 Å². The number of carbonyl (C=O) groups is 1. The Morgan fingerprint density at radius 2 is 2.18 bits per heavy atom. The first-order chi connectivity index (χ1) is 7.85. The molecule has 0 heterocycles. The number of rotatable bonds is 4. The normalized spacial score (nSPS) is 11.3. The molecule has 1 aromatic rings. The van der Waals surface area contributed by atoms with E-state index in [0.717, 1.165) is 0 Å². The SMILES string of the molecule is Nc1ccc(Br)c(C(=O)NCC(F)(F)CO)c1. The number of aliphatic hydroxyl groups is 1. The van der Waals surface area contributed by atoms with Crippen LogP contribution in [0.1, 0.15) is 10.4 Å². The molecule has 0 saturated carbocycles. The summed E-state index contributed by atoms with van der Waals surface area (Å²) in [5, 5.41) is 10.4. The number of hydrogen-bond acceptors (Lipinski definition) is 3. The molecule has 17 heavy (non-hydrogen) atoms. The van der Waals surface area contributed by atoms with E-state index < -0.39 is 25.0 Å². The summed E-state index contributed by atoms with van der Waals surface area (Å²) >= 11 is 3.12. The Hall–Kier alpha value is -1.21. The van der Waals surface area contributed by atoms with Crippen LogP contribution < -0.4 is 11.1 Å². The second-order valence-corrected chi connectivity index (χ2v) is 4.29. The molecule has 0 aliphatic rings. The minimum absolute atomic E-state index is 0.165. The third-order valence-electron chi connectivity index (χ3n) is 1.97. The highest BCUT2D eigenvalue weighted by atomic mass is 79.9. The minimum Gasteiger partial charge on any atom is -0.399 e. The van der Waals surface area contributed by atoms with E-state index in [1.54, 1.807) is 12.1 Å². The molecule has 0 aliphatic carbocycles. The van der Waals surface area contributed by atoms with E-state index in [-0.39, 0.29) is 5.56 Å². The van der Waals surface area contributed by atoms with Crippen LogP contribution in [0, 0.1) is 0 Å². The highest BCUT2D eigenvalue weighted by Gasteiger charge is 2.28. The Balaban J connectivity index is 2.74. The molecule has 0 atom stereocenters. The zero-order chi connectivity index (χ0) is 13.1. The lowest BCUT2D eigenvalue weighted by atomic mass is 10.2. The molecule has 0 fully saturated rings. The monoisotopic (exact) mass is 308 g/mol. The van der Waals surface area contributed by atoms with Crippen LogP contribution in [0.15, 0.2) is 22.7 Å². The second-order valence-electron chi connectivity index (χ2n) is 3.44. The predicted molar refractivity (Wildman–Crippen MR) is 62.9 cm³/mol. The van der Waals surface area contributed by atoms with Gasteiger partial charge in [0.1, 0.15) is 6.61 Å². The molecule has 1 rings (SSSR count). The molecule has 0 bridgehead atoms. The van der Waals surface area contributed by atoms with Gasteiger partial charge in [0.15, 0.2) is 0 Å². The van der Waals surface area contributed by atoms with Crippen LogP contribution >= 0.6 is 15.9 Å². The third-order valence-corrected chi connectivity index (χ3v) is 2.67. The number of benzene rings is 1. The Kier molecular flexibility index (Phi) is 4.41. The number of anilines is 1. The molecule has 0 radical (unpaired) electrons. The fraction of sp³-hybridized carbons (Fsp3) is 0.300. The number of hydrogen-bond donors (Lipinski definition) is 3. The van der Waals surface area contributed by atoms with Gasteiger partial charge in [0.05, 0.1) is 12.1 Å². The number of nitrogen functional groups attached to an aromatic ring is 1. The molecule has 0 spiro atoms. The van der Waals surface area contributed by atoms with Crippen LogP contribution in [0.4, 0.5) is 14.5 Å². The van der Waals surface area contributed by atoms with Gasteiger partial charge in [-0.25, -0.2) is 8.78 Å². The molecular formula is C10H11BrF2N2O2. The topological polar surface area (TPSA) is 75.4 Å². The van der Waals surface area contributed by atoms with E-state index >= 15 is 0 Å². The number of amides is 1. The Morgan fingerprint density at radius 3 is 2.76 bits per heavy atom. The lowest BCUT2D eigenvalue weighted by Crippen LogP contribution is -2.39. The van der Waals surface area contributed by atoms with Crippen molar-refractivity contribution >= 4 is 27.5 Å². The average molecular weight is 309 g/mol. The average Bonchev–Trinajstić information content (AvgIpc) is 2.29. The van der Waals surface area contributed by atoms with E-state index in [1.807, 2.05) is 5.32 Å². The lowest BCUT2D eigenvalue weighted by Gasteiger charge is -2.14. The number of halogens is 3. The van der Waals surface area contributed by atoms with Crippen molar-refractivity contribution < 1.29 is 18.7 Å². The number of alkyl halides is 2. The van der Waals surface area contributed by atoms with E-state index in [0.29, 0.717) is 10.2 Å². The summed E-state index contributed by atoms with van der Waals surface area (Å²) in [6.45, 7) is -2.24. The molecule has 4 nitrogen and oxygen atoms in total. The van der Waals surface area contributed by atoms with Crippen LogP contribution in [-0.2, 0) is 0 Å². The Bertz CT molecular complexity index is 427. The van der Waals surface area contributed by atoms with Crippen molar-refractivity contribution in [2.24, 2.45) is 0 Å². The highest BCUT2D eigenvalue weighted by Crippen LogP contribution is 2.19. The van der Waals surface area contributed by atoms with Gasteiger partial charge in [-0.15, -0.1) is 0 Å². The predicted octanol–water partition coefficient (Wildman–Crippen LogP) is 1.39. The van der Waals surface area contributed by atoms with Crippen molar-refractivity contribution in [3.8, 4) is 0 Å². The van der Waals surface area contributed by atoms with Crippen LogP contribution in [-0.4, -0.2) is 30.1 Å². The van der Waals surface area contributed by atoms with Crippen molar-refractivity contribution in [2.75, 3.05) is 18.9 Å². The number of aliphatic hydroxyl groups excluding tert-OH is 1. The molecule has 4 N–H and O–H groups in total. The van der Waals surface area contributed by atoms with Gasteiger partial charge >= 0.3 is 0 Å². The molecule has 0 saturated heterocycles. The first-order valence-electron chi connectivity index (χ1n) is 4.67. The lowest BCUT2D eigenvalue weighted by molar-refractivity contribution is -0.0462. The first kappa shape index (κ1) is 13.9. The largest absolute Gasteiger partial charge is 0.399 e. The van der Waals surface area contributed by atoms with Crippen molar-refractivity contribution in [3.05, 3.63) is 28.2 Å². The fourth-order valence-electron chi connectivity index (χ4n) is 1.08.